The maximum atomic E-state index is 5.89. The average Bonchev–Trinajstić information content (AvgIpc) is 2.82. The van der Waals surface area contributed by atoms with Crippen LogP contribution in [0.25, 0.3) is 0 Å². The third kappa shape index (κ3) is 2.82. The van der Waals surface area contributed by atoms with Gasteiger partial charge in [0.2, 0.25) is 0 Å². The molecule has 90 valence electrons. The van der Waals surface area contributed by atoms with Crippen molar-refractivity contribution in [2.75, 3.05) is 5.73 Å². The summed E-state index contributed by atoms with van der Waals surface area (Å²) >= 11 is 1.71. The van der Waals surface area contributed by atoms with E-state index in [1.807, 2.05) is 19.1 Å². The summed E-state index contributed by atoms with van der Waals surface area (Å²) in [4.78, 5) is 5.43. The van der Waals surface area contributed by atoms with Gasteiger partial charge >= 0.3 is 0 Å². The lowest BCUT2D eigenvalue weighted by Gasteiger charge is -2.17. The molecule has 0 saturated heterocycles. The highest BCUT2D eigenvalue weighted by atomic mass is 32.1. The Labute approximate surface area is 105 Å². The first-order valence-electron chi connectivity index (χ1n) is 5.41. The van der Waals surface area contributed by atoms with E-state index in [-0.39, 0.29) is 6.04 Å². The summed E-state index contributed by atoms with van der Waals surface area (Å²) in [5, 5.41) is 2.06. The number of hydrazine groups is 1. The van der Waals surface area contributed by atoms with E-state index >= 15 is 0 Å². The molecule has 1 atom stereocenters. The standard InChI is InChI=1S/C12H16N4S/c1-8-5-10(12(13)15-7-8)11(16-14)6-9-3-2-4-17-9/h2-5,7,11,16H,6,14H2,1H3,(H2,13,15). The Kier molecular flexibility index (Phi) is 3.73. The number of anilines is 1. The topological polar surface area (TPSA) is 77.0 Å². The maximum Gasteiger partial charge on any atom is 0.128 e. The van der Waals surface area contributed by atoms with E-state index in [4.69, 9.17) is 11.6 Å². The van der Waals surface area contributed by atoms with Crippen LogP contribution in [0.2, 0.25) is 0 Å². The largest absolute Gasteiger partial charge is 0.383 e. The highest BCUT2D eigenvalue weighted by Crippen LogP contribution is 2.24. The zero-order chi connectivity index (χ0) is 12.3. The van der Waals surface area contributed by atoms with Gasteiger partial charge in [-0.15, -0.1) is 11.3 Å². The Morgan fingerprint density at radius 1 is 1.53 bits per heavy atom. The van der Waals surface area contributed by atoms with E-state index in [0.29, 0.717) is 5.82 Å². The molecule has 17 heavy (non-hydrogen) atoms. The number of hydrogen-bond acceptors (Lipinski definition) is 5. The molecule has 0 aliphatic heterocycles. The Bertz CT molecular complexity index is 481. The molecule has 0 radical (unpaired) electrons. The van der Waals surface area contributed by atoms with E-state index in [1.165, 1.54) is 4.88 Å². The Morgan fingerprint density at radius 3 is 3.00 bits per heavy atom. The summed E-state index contributed by atoms with van der Waals surface area (Å²) in [5.41, 5.74) is 10.7. The second-order valence-corrected chi connectivity index (χ2v) is 5.02. The number of thiophene rings is 1. The molecule has 1 unspecified atom stereocenters. The molecule has 2 rings (SSSR count). The van der Waals surface area contributed by atoms with Gasteiger partial charge in [0.1, 0.15) is 5.82 Å². The van der Waals surface area contributed by atoms with Gasteiger partial charge in [0.15, 0.2) is 0 Å². The van der Waals surface area contributed by atoms with Crippen molar-refractivity contribution in [3.8, 4) is 0 Å². The minimum absolute atomic E-state index is 0.000972. The molecule has 0 fully saturated rings. The van der Waals surface area contributed by atoms with Crippen LogP contribution < -0.4 is 17.0 Å². The van der Waals surface area contributed by atoms with Crippen LogP contribution in [0.5, 0.6) is 0 Å². The third-order valence-electron chi connectivity index (χ3n) is 2.65. The quantitative estimate of drug-likeness (QED) is 0.569. The molecule has 2 aromatic rings. The van der Waals surface area contributed by atoms with Crippen LogP contribution in [-0.2, 0) is 6.42 Å². The number of nitrogens with two attached hydrogens (primary N) is 2. The van der Waals surface area contributed by atoms with Gasteiger partial charge in [0, 0.05) is 23.1 Å². The fraction of sp³-hybridized carbons (Fsp3) is 0.250. The second kappa shape index (κ2) is 5.27. The van der Waals surface area contributed by atoms with Crippen molar-refractivity contribution in [2.24, 2.45) is 5.84 Å². The summed E-state index contributed by atoms with van der Waals surface area (Å²) in [7, 11) is 0. The fourth-order valence-corrected chi connectivity index (χ4v) is 2.52. The van der Waals surface area contributed by atoms with Gasteiger partial charge in [-0.05, 0) is 30.0 Å². The SMILES string of the molecule is Cc1cnc(N)c(C(Cc2cccs2)NN)c1. The van der Waals surface area contributed by atoms with Crippen molar-refractivity contribution >= 4 is 17.2 Å². The van der Waals surface area contributed by atoms with E-state index in [1.54, 1.807) is 17.5 Å². The maximum absolute atomic E-state index is 5.89. The van der Waals surface area contributed by atoms with Crippen LogP contribution in [0.3, 0.4) is 0 Å². The molecule has 0 amide bonds. The number of pyridine rings is 1. The molecule has 0 aliphatic carbocycles. The minimum atomic E-state index is 0.000972. The molecule has 0 aromatic carbocycles. The number of nitrogens with zero attached hydrogens (tertiary/aromatic N) is 1. The lowest BCUT2D eigenvalue weighted by atomic mass is 10.0. The molecule has 0 aliphatic rings. The number of hydrogen-bond donors (Lipinski definition) is 3. The normalized spacial score (nSPS) is 12.6. The summed E-state index contributed by atoms with van der Waals surface area (Å²) in [6, 6.07) is 6.15. The first-order chi connectivity index (χ1) is 8.20. The van der Waals surface area contributed by atoms with Crippen molar-refractivity contribution in [1.29, 1.82) is 0 Å². The number of aromatic nitrogens is 1. The van der Waals surface area contributed by atoms with Gasteiger partial charge in [-0.25, -0.2) is 4.98 Å². The highest BCUT2D eigenvalue weighted by Gasteiger charge is 2.15. The van der Waals surface area contributed by atoms with Gasteiger partial charge in [-0.2, -0.15) is 0 Å². The molecular weight excluding hydrogens is 232 g/mol. The number of nitrogens with one attached hydrogen (secondary N) is 1. The van der Waals surface area contributed by atoms with Crippen molar-refractivity contribution in [3.63, 3.8) is 0 Å². The Morgan fingerprint density at radius 2 is 2.35 bits per heavy atom. The Balaban J connectivity index is 2.25. The fourth-order valence-electron chi connectivity index (χ4n) is 1.77. The molecule has 0 bridgehead atoms. The highest BCUT2D eigenvalue weighted by molar-refractivity contribution is 7.09. The summed E-state index contributed by atoms with van der Waals surface area (Å²) in [5.74, 6) is 6.15. The zero-order valence-corrected chi connectivity index (χ0v) is 10.5. The predicted molar refractivity (Wildman–Crippen MR) is 71.5 cm³/mol. The molecule has 0 spiro atoms. The van der Waals surface area contributed by atoms with E-state index in [2.05, 4.69) is 21.9 Å². The molecule has 5 N–H and O–H groups in total. The summed E-state index contributed by atoms with van der Waals surface area (Å²) in [6.07, 6.45) is 2.58. The molecule has 4 nitrogen and oxygen atoms in total. The molecule has 0 saturated carbocycles. The monoisotopic (exact) mass is 248 g/mol. The zero-order valence-electron chi connectivity index (χ0n) is 9.68. The average molecular weight is 248 g/mol. The second-order valence-electron chi connectivity index (χ2n) is 3.99. The van der Waals surface area contributed by atoms with E-state index < -0.39 is 0 Å². The molecule has 5 heteroatoms. The van der Waals surface area contributed by atoms with Crippen LogP contribution >= 0.6 is 11.3 Å². The van der Waals surface area contributed by atoms with Crippen molar-refractivity contribution < 1.29 is 0 Å². The van der Waals surface area contributed by atoms with Gasteiger partial charge in [0.25, 0.3) is 0 Å². The smallest absolute Gasteiger partial charge is 0.128 e. The minimum Gasteiger partial charge on any atom is -0.383 e. The van der Waals surface area contributed by atoms with Crippen molar-refractivity contribution in [1.82, 2.24) is 10.4 Å². The van der Waals surface area contributed by atoms with Crippen LogP contribution in [0.15, 0.2) is 29.8 Å². The summed E-state index contributed by atoms with van der Waals surface area (Å²) < 4.78 is 0. The molecular formula is C12H16N4S. The van der Waals surface area contributed by atoms with Gasteiger partial charge in [-0.3, -0.25) is 11.3 Å². The van der Waals surface area contributed by atoms with Gasteiger partial charge in [0.05, 0.1) is 6.04 Å². The lowest BCUT2D eigenvalue weighted by molar-refractivity contribution is 0.555. The predicted octanol–water partition coefficient (Wildman–Crippen LogP) is 1.78. The number of rotatable bonds is 4. The lowest BCUT2D eigenvalue weighted by Crippen LogP contribution is -2.30. The van der Waals surface area contributed by atoms with Gasteiger partial charge < -0.3 is 5.73 Å². The van der Waals surface area contributed by atoms with Crippen molar-refractivity contribution in [2.45, 2.75) is 19.4 Å². The summed E-state index contributed by atoms with van der Waals surface area (Å²) in [6.45, 7) is 1.99. The van der Waals surface area contributed by atoms with Crippen LogP contribution in [0.4, 0.5) is 5.82 Å². The van der Waals surface area contributed by atoms with Crippen molar-refractivity contribution in [3.05, 3.63) is 45.8 Å². The number of aryl methyl sites for hydroxylation is 1. The molecule has 2 heterocycles. The first-order valence-corrected chi connectivity index (χ1v) is 6.29. The van der Waals surface area contributed by atoms with Gasteiger partial charge in [-0.1, -0.05) is 6.07 Å². The van der Waals surface area contributed by atoms with E-state index in [0.717, 1.165) is 17.5 Å². The van der Waals surface area contributed by atoms with Crippen LogP contribution in [0.1, 0.15) is 22.0 Å². The third-order valence-corrected chi connectivity index (χ3v) is 3.55. The number of nitrogen functional groups attached to an aromatic ring is 1. The van der Waals surface area contributed by atoms with Crippen LogP contribution in [0, 0.1) is 6.92 Å². The van der Waals surface area contributed by atoms with Crippen LogP contribution in [-0.4, -0.2) is 4.98 Å². The van der Waals surface area contributed by atoms with E-state index in [9.17, 15) is 0 Å². The first kappa shape index (κ1) is 12.0. The Hall–Kier alpha value is -1.43. The molecule has 2 aromatic heterocycles.